The van der Waals surface area contributed by atoms with Crippen LogP contribution in [0.25, 0.3) is 0 Å². The van der Waals surface area contributed by atoms with Crippen LogP contribution in [0.2, 0.25) is 0 Å². The van der Waals surface area contributed by atoms with Crippen molar-refractivity contribution >= 4 is 5.82 Å². The van der Waals surface area contributed by atoms with Gasteiger partial charge in [-0.3, -0.25) is 4.98 Å². The van der Waals surface area contributed by atoms with Gasteiger partial charge in [0, 0.05) is 6.20 Å². The minimum atomic E-state index is -0.537. The first-order valence-corrected chi connectivity index (χ1v) is 2.04. The number of nitrogen functional groups attached to an aromatic ring is 1. The summed E-state index contributed by atoms with van der Waals surface area (Å²) >= 11 is 0. The Morgan fingerprint density at radius 2 is 2.22 bits per heavy atom. The second-order valence-electron chi connectivity index (χ2n) is 1.26. The third-order valence-corrected chi connectivity index (χ3v) is 0.655. The summed E-state index contributed by atoms with van der Waals surface area (Å²) in [7, 11) is 0. The number of aromatic nitrogens is 2. The zero-order chi connectivity index (χ0) is 5.98. The maximum Gasteiger partial charge on any atom is 1.00 e. The Bertz CT molecular complexity index is 176. The fraction of sp³-hybridized carbons (Fsp3) is 0. The van der Waals surface area contributed by atoms with Gasteiger partial charge in [0.2, 0.25) is 0 Å². The molecule has 0 aliphatic carbocycles. The summed E-state index contributed by atoms with van der Waals surface area (Å²) in [4.78, 5) is 6.58. The van der Waals surface area contributed by atoms with Crippen molar-refractivity contribution in [2.75, 3.05) is 5.73 Å². The molecule has 0 unspecified atom stereocenters. The van der Waals surface area contributed by atoms with Crippen molar-refractivity contribution in [2.24, 2.45) is 0 Å². The molecule has 0 spiro atoms. The van der Waals surface area contributed by atoms with Crippen molar-refractivity contribution < 1.29 is 56.5 Å². The van der Waals surface area contributed by atoms with E-state index < -0.39 is 6.01 Å². The zero-order valence-corrected chi connectivity index (χ0v) is 8.16. The van der Waals surface area contributed by atoms with Gasteiger partial charge in [0.25, 0.3) is 0 Å². The molecule has 1 heterocycles. The maximum atomic E-state index is 10.2. The maximum absolute atomic E-state index is 10.2. The van der Waals surface area contributed by atoms with Crippen molar-refractivity contribution in [1.29, 1.82) is 0 Å². The summed E-state index contributed by atoms with van der Waals surface area (Å²) in [5, 5.41) is 10.2. The summed E-state index contributed by atoms with van der Waals surface area (Å²) < 4.78 is 0. The molecule has 4 nitrogen and oxygen atoms in total. The van der Waals surface area contributed by atoms with Crippen LogP contribution in [0.15, 0.2) is 12.3 Å². The smallest absolute Gasteiger partial charge is 0.844 e. The molecule has 5 heteroatoms. The van der Waals surface area contributed by atoms with Crippen molar-refractivity contribution in [2.45, 2.75) is 0 Å². The van der Waals surface area contributed by atoms with Gasteiger partial charge in [0.05, 0.1) is 6.01 Å². The van der Waals surface area contributed by atoms with Gasteiger partial charge in [0.15, 0.2) is 0 Å². The molecule has 0 atom stereocenters. The molecule has 1 aromatic heterocycles. The van der Waals surface area contributed by atoms with Gasteiger partial charge in [-0.1, -0.05) is 0 Å². The van der Waals surface area contributed by atoms with Crippen LogP contribution in [0.3, 0.4) is 0 Å². The predicted molar refractivity (Wildman–Crippen MR) is 25.9 cm³/mol. The molecule has 2 N–H and O–H groups in total. The molecular weight excluding hydrogens is 145 g/mol. The standard InChI is InChI=1S/C4H5N3O.K/c5-3-1-2-6-4(8)7-3;/h1-2H,(H3,5,6,7,8);/q;+1/p-1. The van der Waals surface area contributed by atoms with Gasteiger partial charge in [-0.25, -0.2) is 4.98 Å². The van der Waals surface area contributed by atoms with Crippen LogP contribution in [-0.2, 0) is 0 Å². The molecule has 0 aliphatic heterocycles. The fourth-order valence-electron chi connectivity index (χ4n) is 0.354. The number of anilines is 1. The van der Waals surface area contributed by atoms with Crippen LogP contribution in [0.1, 0.15) is 0 Å². The normalized spacial score (nSPS) is 8.00. The molecule has 0 fully saturated rings. The Labute approximate surface area is 94.9 Å². The largest absolute Gasteiger partial charge is 1.00 e. The first kappa shape index (κ1) is 9.32. The molecule has 0 saturated carbocycles. The minimum absolute atomic E-state index is 0. The molecule has 0 aliphatic rings. The van der Waals surface area contributed by atoms with E-state index in [9.17, 15) is 5.11 Å². The molecule has 0 amide bonds. The first-order chi connectivity index (χ1) is 3.79. The monoisotopic (exact) mass is 149 g/mol. The summed E-state index contributed by atoms with van der Waals surface area (Å²) in [5.41, 5.74) is 5.11. The molecule has 0 saturated heterocycles. The number of rotatable bonds is 0. The van der Waals surface area contributed by atoms with Gasteiger partial charge >= 0.3 is 51.4 Å². The van der Waals surface area contributed by atoms with Crippen molar-refractivity contribution in [3.8, 4) is 6.01 Å². The zero-order valence-electron chi connectivity index (χ0n) is 5.03. The van der Waals surface area contributed by atoms with E-state index in [0.717, 1.165) is 0 Å². The van der Waals surface area contributed by atoms with E-state index in [2.05, 4.69) is 9.97 Å². The van der Waals surface area contributed by atoms with Gasteiger partial charge in [-0.2, -0.15) is 0 Å². The van der Waals surface area contributed by atoms with Crippen LogP contribution in [0, 0.1) is 0 Å². The van der Waals surface area contributed by atoms with Gasteiger partial charge in [-0.05, 0) is 6.07 Å². The summed E-state index contributed by atoms with van der Waals surface area (Å²) in [6.45, 7) is 0. The van der Waals surface area contributed by atoms with E-state index in [-0.39, 0.29) is 57.2 Å². The van der Waals surface area contributed by atoms with E-state index in [1.165, 1.54) is 12.3 Å². The van der Waals surface area contributed by atoms with Crippen LogP contribution >= 0.6 is 0 Å². The number of hydrogen-bond acceptors (Lipinski definition) is 4. The summed E-state index contributed by atoms with van der Waals surface area (Å²) in [6, 6.07) is 0.923. The van der Waals surface area contributed by atoms with Crippen molar-refractivity contribution in [3.63, 3.8) is 0 Å². The van der Waals surface area contributed by atoms with E-state index in [1.807, 2.05) is 0 Å². The second-order valence-corrected chi connectivity index (χ2v) is 1.26. The van der Waals surface area contributed by atoms with E-state index in [1.54, 1.807) is 0 Å². The van der Waals surface area contributed by atoms with Gasteiger partial charge in [-0.15, -0.1) is 0 Å². The van der Waals surface area contributed by atoms with Crippen molar-refractivity contribution in [1.82, 2.24) is 9.97 Å². The van der Waals surface area contributed by atoms with E-state index in [4.69, 9.17) is 5.73 Å². The number of nitrogens with zero attached hydrogens (tertiary/aromatic N) is 2. The average Bonchev–Trinajstić information content (AvgIpc) is 1.64. The first-order valence-electron chi connectivity index (χ1n) is 2.04. The Kier molecular flexibility index (Phi) is 4.33. The fourth-order valence-corrected chi connectivity index (χ4v) is 0.354. The van der Waals surface area contributed by atoms with Crippen LogP contribution in [0.4, 0.5) is 5.82 Å². The molecular formula is C4H4KN3O. The average molecular weight is 149 g/mol. The molecule has 42 valence electrons. The Hall–Kier alpha value is 0.316. The minimum Gasteiger partial charge on any atom is -0.844 e. The summed E-state index contributed by atoms with van der Waals surface area (Å²) in [5.74, 6) is 0.213. The number of nitrogens with two attached hydrogens (primary N) is 1. The molecule has 9 heavy (non-hydrogen) atoms. The van der Waals surface area contributed by atoms with E-state index in [0.29, 0.717) is 0 Å². The quantitative estimate of drug-likeness (QED) is 0.383. The van der Waals surface area contributed by atoms with Crippen molar-refractivity contribution in [3.05, 3.63) is 12.3 Å². The van der Waals surface area contributed by atoms with E-state index >= 15 is 0 Å². The Balaban J connectivity index is 0.000000640. The SMILES string of the molecule is Nc1ccnc([O-])n1.[K+]. The topological polar surface area (TPSA) is 74.9 Å². The van der Waals surface area contributed by atoms with Gasteiger partial charge < -0.3 is 10.8 Å². The third kappa shape index (κ3) is 3.12. The molecule has 1 aromatic rings. The number of hydrogen-bond donors (Lipinski definition) is 1. The molecule has 1 rings (SSSR count). The van der Waals surface area contributed by atoms with Crippen LogP contribution in [-0.4, -0.2) is 9.97 Å². The molecule has 0 bridgehead atoms. The molecule has 0 aromatic carbocycles. The Morgan fingerprint density at radius 3 is 2.56 bits per heavy atom. The summed E-state index contributed by atoms with van der Waals surface area (Å²) in [6.07, 6.45) is 1.32. The molecule has 0 radical (unpaired) electrons. The predicted octanol–water partition coefficient (Wildman–Crippen LogP) is -3.86. The third-order valence-electron chi connectivity index (χ3n) is 0.655. The van der Waals surface area contributed by atoms with Crippen LogP contribution in [0.5, 0.6) is 6.01 Å². The Morgan fingerprint density at radius 1 is 1.56 bits per heavy atom. The van der Waals surface area contributed by atoms with Crippen LogP contribution < -0.4 is 62.2 Å². The second kappa shape index (κ2) is 4.18. The van der Waals surface area contributed by atoms with Gasteiger partial charge in [0.1, 0.15) is 5.82 Å².